The number of likely N-dealkylation sites (tertiary alicyclic amines) is 2. The van der Waals surface area contributed by atoms with Crippen molar-refractivity contribution in [1.82, 2.24) is 9.80 Å². The molecule has 0 unspecified atom stereocenters. The zero-order valence-corrected chi connectivity index (χ0v) is 16.5. The average molecular weight is 364 g/mol. The molecule has 2 aliphatic rings. The van der Waals surface area contributed by atoms with Gasteiger partial charge in [0.25, 0.3) is 0 Å². The van der Waals surface area contributed by atoms with Crippen LogP contribution in [-0.2, 0) is 19.2 Å². The van der Waals surface area contributed by atoms with E-state index in [2.05, 4.69) is 0 Å². The second-order valence-corrected chi connectivity index (χ2v) is 8.11. The molecule has 2 fully saturated rings. The summed E-state index contributed by atoms with van der Waals surface area (Å²) >= 11 is 0. The van der Waals surface area contributed by atoms with Crippen LogP contribution >= 0.6 is 0 Å². The highest BCUT2D eigenvalue weighted by Crippen LogP contribution is 2.27. The van der Waals surface area contributed by atoms with Crippen molar-refractivity contribution in [2.75, 3.05) is 13.1 Å². The summed E-state index contributed by atoms with van der Waals surface area (Å²) in [6, 6.07) is -0.820. The van der Waals surface area contributed by atoms with Crippen molar-refractivity contribution >= 4 is 23.4 Å². The first-order chi connectivity index (χ1) is 12.2. The normalized spacial score (nSPS) is 23.2. The largest absolute Gasteiger partial charge is 0.331 e. The zero-order valence-electron chi connectivity index (χ0n) is 16.5. The quantitative estimate of drug-likeness (QED) is 0.694. The predicted molar refractivity (Wildman–Crippen MR) is 98.4 cm³/mol. The minimum Gasteiger partial charge on any atom is -0.331 e. The number of carbonyl (C=O) groups is 4. The number of rotatable bonds is 7. The van der Waals surface area contributed by atoms with Crippen LogP contribution in [0.15, 0.2) is 0 Å². The van der Waals surface area contributed by atoms with E-state index in [1.807, 2.05) is 27.7 Å². The molecule has 0 spiro atoms. The second-order valence-electron chi connectivity index (χ2n) is 8.11. The van der Waals surface area contributed by atoms with Crippen LogP contribution in [0.3, 0.4) is 0 Å². The highest BCUT2D eigenvalue weighted by molar-refractivity contribution is 5.94. The van der Waals surface area contributed by atoms with Gasteiger partial charge in [-0.25, -0.2) is 0 Å². The molecule has 0 radical (unpaired) electrons. The third-order valence-corrected chi connectivity index (χ3v) is 5.52. The van der Waals surface area contributed by atoms with Crippen LogP contribution in [0.2, 0.25) is 0 Å². The molecule has 26 heavy (non-hydrogen) atoms. The minimum atomic E-state index is -0.475. The Balaban J connectivity index is 2.02. The lowest BCUT2D eigenvalue weighted by molar-refractivity contribution is -0.147. The number of Topliss-reactive ketones (excluding diaryl/α,β-unsaturated/α-hetero) is 2. The van der Waals surface area contributed by atoms with Crippen LogP contribution in [0, 0.1) is 11.8 Å². The Bertz CT molecular complexity index is 570. The molecule has 146 valence electrons. The van der Waals surface area contributed by atoms with Gasteiger partial charge in [-0.15, -0.1) is 0 Å². The number of hydrogen-bond donors (Lipinski definition) is 0. The summed E-state index contributed by atoms with van der Waals surface area (Å²) < 4.78 is 0. The SMILES string of the molecule is CC(C)C(=O)CCC(=O)N1CCC[C@H]1C(=O)N1CCC[C@H]1C(=O)C(C)C. The van der Waals surface area contributed by atoms with Crippen LogP contribution in [0.1, 0.15) is 66.2 Å². The number of ketones is 2. The Kier molecular flexibility index (Phi) is 6.95. The lowest BCUT2D eigenvalue weighted by Gasteiger charge is -2.31. The molecule has 0 saturated carbocycles. The molecule has 2 amide bonds. The molecule has 0 aliphatic carbocycles. The molecule has 6 nitrogen and oxygen atoms in total. The predicted octanol–water partition coefficient (Wildman–Crippen LogP) is 2.20. The summed E-state index contributed by atoms with van der Waals surface area (Å²) in [5, 5.41) is 0. The van der Waals surface area contributed by atoms with Crippen LogP contribution in [0.4, 0.5) is 0 Å². The van der Waals surface area contributed by atoms with Gasteiger partial charge in [-0.3, -0.25) is 19.2 Å². The molecule has 0 aromatic carbocycles. The van der Waals surface area contributed by atoms with Gasteiger partial charge in [0.05, 0.1) is 6.04 Å². The van der Waals surface area contributed by atoms with Crippen molar-refractivity contribution < 1.29 is 19.2 Å². The van der Waals surface area contributed by atoms with E-state index in [0.717, 1.165) is 12.8 Å². The molecule has 2 rings (SSSR count). The van der Waals surface area contributed by atoms with Crippen molar-refractivity contribution in [2.24, 2.45) is 11.8 Å². The smallest absolute Gasteiger partial charge is 0.245 e. The molecule has 0 aromatic heterocycles. The van der Waals surface area contributed by atoms with Crippen molar-refractivity contribution in [3.05, 3.63) is 0 Å². The molecule has 0 bridgehead atoms. The summed E-state index contributed by atoms with van der Waals surface area (Å²) in [4.78, 5) is 53.1. The Hall–Kier alpha value is -1.72. The van der Waals surface area contributed by atoms with Crippen LogP contribution in [0.25, 0.3) is 0 Å². The van der Waals surface area contributed by atoms with Crippen molar-refractivity contribution in [2.45, 2.75) is 78.3 Å². The first-order valence-electron chi connectivity index (χ1n) is 9.90. The van der Waals surface area contributed by atoms with Gasteiger partial charge in [0.1, 0.15) is 11.8 Å². The summed E-state index contributed by atoms with van der Waals surface area (Å²) in [6.07, 6.45) is 3.37. The maximum atomic E-state index is 13.1. The van der Waals surface area contributed by atoms with E-state index in [1.54, 1.807) is 9.80 Å². The Morgan fingerprint density at radius 3 is 1.96 bits per heavy atom. The summed E-state index contributed by atoms with van der Waals surface area (Å²) in [5.41, 5.74) is 0. The fourth-order valence-corrected chi connectivity index (χ4v) is 3.89. The maximum Gasteiger partial charge on any atom is 0.245 e. The van der Waals surface area contributed by atoms with Crippen LogP contribution in [0.5, 0.6) is 0 Å². The van der Waals surface area contributed by atoms with E-state index >= 15 is 0 Å². The molecule has 6 heteroatoms. The van der Waals surface area contributed by atoms with E-state index in [1.165, 1.54) is 0 Å². The topological polar surface area (TPSA) is 74.8 Å². The first-order valence-corrected chi connectivity index (χ1v) is 9.90. The molecular weight excluding hydrogens is 332 g/mol. The van der Waals surface area contributed by atoms with Crippen LogP contribution < -0.4 is 0 Å². The highest BCUT2D eigenvalue weighted by Gasteiger charge is 2.42. The van der Waals surface area contributed by atoms with Crippen molar-refractivity contribution in [1.29, 1.82) is 0 Å². The fraction of sp³-hybridized carbons (Fsp3) is 0.800. The van der Waals surface area contributed by atoms with E-state index in [4.69, 9.17) is 0 Å². The summed E-state index contributed by atoms with van der Waals surface area (Å²) in [6.45, 7) is 8.53. The first kappa shape index (κ1) is 20.6. The number of carbonyl (C=O) groups excluding carboxylic acids is 4. The number of nitrogens with zero attached hydrogens (tertiary/aromatic N) is 2. The summed E-state index contributed by atoms with van der Waals surface area (Å²) in [5.74, 6) is -0.219. The third kappa shape index (κ3) is 4.51. The lowest BCUT2D eigenvalue weighted by atomic mass is 9.99. The molecule has 2 saturated heterocycles. The molecule has 0 aromatic rings. The van der Waals surface area contributed by atoms with Crippen molar-refractivity contribution in [3.63, 3.8) is 0 Å². The second kappa shape index (κ2) is 8.78. The van der Waals surface area contributed by atoms with Gasteiger partial charge in [-0.1, -0.05) is 27.7 Å². The Labute approximate surface area is 156 Å². The number of hydrogen-bond acceptors (Lipinski definition) is 4. The van der Waals surface area contributed by atoms with Gasteiger partial charge >= 0.3 is 0 Å². The summed E-state index contributed by atoms with van der Waals surface area (Å²) in [7, 11) is 0. The van der Waals surface area contributed by atoms with E-state index in [-0.39, 0.29) is 54.1 Å². The van der Waals surface area contributed by atoms with E-state index < -0.39 is 6.04 Å². The van der Waals surface area contributed by atoms with E-state index in [9.17, 15) is 19.2 Å². The number of amides is 2. The van der Waals surface area contributed by atoms with Crippen LogP contribution in [-0.4, -0.2) is 58.4 Å². The average Bonchev–Trinajstić information content (AvgIpc) is 3.26. The molecular formula is C20H32N2O4. The fourth-order valence-electron chi connectivity index (χ4n) is 3.89. The highest BCUT2D eigenvalue weighted by atomic mass is 16.2. The van der Waals surface area contributed by atoms with Gasteiger partial charge in [0.15, 0.2) is 5.78 Å². The Morgan fingerprint density at radius 1 is 0.808 bits per heavy atom. The monoisotopic (exact) mass is 364 g/mol. The van der Waals surface area contributed by atoms with Gasteiger partial charge in [-0.2, -0.15) is 0 Å². The zero-order chi connectivity index (χ0) is 19.4. The standard InChI is InChI=1S/C20H32N2O4/c1-13(2)17(23)9-10-18(24)21-11-6-8-16(21)20(26)22-12-5-7-15(22)19(25)14(3)4/h13-16H,5-12H2,1-4H3/t15-,16-/m0/s1. The third-order valence-electron chi connectivity index (χ3n) is 5.52. The maximum absolute atomic E-state index is 13.1. The molecule has 2 aliphatic heterocycles. The molecule has 0 N–H and O–H groups in total. The molecule has 2 heterocycles. The van der Waals surface area contributed by atoms with E-state index in [0.29, 0.717) is 25.9 Å². The molecule has 2 atom stereocenters. The van der Waals surface area contributed by atoms with Crippen molar-refractivity contribution in [3.8, 4) is 0 Å². The van der Waals surface area contributed by atoms with Gasteiger partial charge in [-0.05, 0) is 25.7 Å². The van der Waals surface area contributed by atoms with Gasteiger partial charge in [0, 0.05) is 37.8 Å². The lowest BCUT2D eigenvalue weighted by Crippen LogP contribution is -2.51. The van der Waals surface area contributed by atoms with Gasteiger partial charge < -0.3 is 9.80 Å². The van der Waals surface area contributed by atoms with Gasteiger partial charge in [0.2, 0.25) is 11.8 Å². The minimum absolute atomic E-state index is 0.0718. The Morgan fingerprint density at radius 2 is 1.38 bits per heavy atom.